The van der Waals surface area contributed by atoms with Gasteiger partial charge in [0.05, 0.1) is 33.7 Å². The molecule has 1 nitrogen and oxygen atoms in total. The number of quaternary nitrogens is 1. The number of benzene rings is 10. The van der Waals surface area contributed by atoms with Gasteiger partial charge in [-0.2, -0.15) is 30.9 Å². The Balaban J connectivity index is 0.000000322. The molecule has 2 N–H and O–H groups in total. The van der Waals surface area contributed by atoms with Crippen LogP contribution >= 0.6 is 0 Å². The predicted octanol–water partition coefficient (Wildman–Crippen LogP) is 18.3. The van der Waals surface area contributed by atoms with Crippen LogP contribution in [0.5, 0.6) is 0 Å². The van der Waals surface area contributed by atoms with Gasteiger partial charge in [-0.3, -0.25) is 5.32 Å². The number of unbranched alkanes of at least 4 members (excludes halogenated alkanes) is 3. The van der Waals surface area contributed by atoms with Crippen molar-refractivity contribution in [2.75, 3.05) is 6.54 Å². The van der Waals surface area contributed by atoms with Crippen molar-refractivity contribution in [3.63, 3.8) is 0 Å². The molecule has 0 heterocycles. The maximum Gasteiger partial charge on any atom is 0.514 e. The van der Waals surface area contributed by atoms with Crippen LogP contribution in [0.1, 0.15) is 32.6 Å². The van der Waals surface area contributed by atoms with Crippen LogP contribution in [0, 0.1) is 209 Å². The van der Waals surface area contributed by atoms with Crippen molar-refractivity contribution in [1.82, 2.24) is 0 Å². The first-order chi connectivity index (χ1) is 47.6. The molecule has 0 fully saturated rings. The van der Waals surface area contributed by atoms with Crippen LogP contribution < -0.4 is 23.0 Å². The highest BCUT2D eigenvalue weighted by Crippen LogP contribution is 2.43. The van der Waals surface area contributed by atoms with Crippen LogP contribution in [0.3, 0.4) is 0 Å². The monoisotopic (exact) mass is 1560 g/mol. The molecule has 10 rings (SSSR count). The van der Waals surface area contributed by atoms with Crippen molar-refractivity contribution in [2.24, 2.45) is 0 Å². The summed E-state index contributed by atoms with van der Waals surface area (Å²) in [7, 11) is 0. The highest BCUT2D eigenvalue weighted by atomic mass is 27.2. The van der Waals surface area contributed by atoms with Crippen molar-refractivity contribution >= 4 is 73.9 Å². The minimum Gasteiger partial charge on any atom is -0.277 e. The van der Waals surface area contributed by atoms with Crippen molar-refractivity contribution in [1.29, 1.82) is 0 Å². The Morgan fingerprint density at radius 3 is 0.709 bits per heavy atom. The maximum absolute atomic E-state index is 17.3. The Labute approximate surface area is 542 Å². The molecule has 43 heteroatoms. The smallest absolute Gasteiger partial charge is 0.277 e. The van der Waals surface area contributed by atoms with E-state index in [1.807, 2.05) is 6.92 Å². The number of fused-ring (bicyclic) bond motifs is 4. The van der Waals surface area contributed by atoms with Gasteiger partial charge in [-0.15, -0.1) is 8.78 Å². The zero-order valence-electron chi connectivity index (χ0n) is 48.3. The van der Waals surface area contributed by atoms with Gasteiger partial charge in [0.2, 0.25) is 5.82 Å². The number of halogens is 41. The summed E-state index contributed by atoms with van der Waals surface area (Å²) in [5, 5.41) is -26.7. The average molecular weight is 1560 g/mol. The summed E-state index contributed by atoms with van der Waals surface area (Å²) >= 11 is -10.2. The molecule has 0 amide bonds. The topological polar surface area (TPSA) is 16.6 Å². The fraction of sp³-hybridized carbons (Fsp3) is 0.133. The Hall–Kier alpha value is -9.14. The average Bonchev–Trinajstić information content (AvgIpc) is 0.661. The third kappa shape index (κ3) is 12.0. The number of nitrogens with two attached hydrogens (primary N) is 1. The zero-order chi connectivity index (χ0) is 78.0. The highest BCUT2D eigenvalue weighted by Gasteiger charge is 2.62. The standard InChI is InChI=1S/C12H2F8.4C10F7.C8H14F5N.Al/c13-4-2-1-3(6(14)7(4)15)5-8(16)10(18)12(20)11(19)9(5)17;4*11-3-1-2-4(7(14)6(3)13)8(15)10(17)9(16)5(2)12;1-2-3-4-5-6-14-8(12,13)7(9,10)11;/h1-2H;;;;;14H,2-6H2,1H3;/q;;;;;;-1/p+1. The second kappa shape index (κ2) is 28.1. The molecule has 0 saturated heterocycles. The van der Waals surface area contributed by atoms with Crippen LogP contribution in [0.15, 0.2) is 12.1 Å². The van der Waals surface area contributed by atoms with E-state index in [9.17, 15) is 74.6 Å². The molecule has 103 heavy (non-hydrogen) atoms. The van der Waals surface area contributed by atoms with Gasteiger partial charge >= 0.3 is 12.2 Å². The fourth-order valence-corrected chi connectivity index (χ4v) is 17.7. The van der Waals surface area contributed by atoms with Crippen LogP contribution in [0.2, 0.25) is 0 Å². The molecule has 0 spiro atoms. The van der Waals surface area contributed by atoms with E-state index in [1.165, 1.54) is 0 Å². The van der Waals surface area contributed by atoms with Crippen molar-refractivity contribution in [3.8, 4) is 11.1 Å². The van der Waals surface area contributed by atoms with E-state index in [2.05, 4.69) is 0 Å². The van der Waals surface area contributed by atoms with Gasteiger partial charge in [-0.25, -0.2) is 158 Å². The lowest BCUT2D eigenvalue weighted by molar-refractivity contribution is -0.810. The molecular weight excluding hydrogens is 1540 g/mol. The Morgan fingerprint density at radius 2 is 0.466 bits per heavy atom. The summed E-state index contributed by atoms with van der Waals surface area (Å²) in [4.78, 5) is 0. The van der Waals surface area contributed by atoms with E-state index in [-0.39, 0.29) is 11.9 Å². The quantitative estimate of drug-likeness (QED) is 0.0332. The van der Waals surface area contributed by atoms with Gasteiger partial charge in [-0.1, -0.05) is 19.8 Å². The number of alkyl halides is 5. The van der Waals surface area contributed by atoms with Gasteiger partial charge in [-0.05, 0) is 46.5 Å². The lowest BCUT2D eigenvalue weighted by Gasteiger charge is -2.44. The molecule has 552 valence electrons. The first-order valence-corrected chi connectivity index (χ1v) is 29.3. The van der Waals surface area contributed by atoms with Gasteiger partial charge in [0, 0.05) is 5.56 Å². The first-order valence-electron chi connectivity index (χ1n) is 27.0. The summed E-state index contributed by atoms with van der Waals surface area (Å²) in [5.74, 6) is -121. The minimum atomic E-state index is -10.2. The second-order valence-corrected chi connectivity index (χ2v) is 25.2. The summed E-state index contributed by atoms with van der Waals surface area (Å²) in [6.45, 7) is 1.75. The van der Waals surface area contributed by atoms with Crippen LogP contribution in [0.25, 0.3) is 54.2 Å². The summed E-state index contributed by atoms with van der Waals surface area (Å²) in [6, 6.07) is -3.98. The molecule has 10 aromatic carbocycles. The lowest BCUT2D eigenvalue weighted by atomic mass is 10.0. The van der Waals surface area contributed by atoms with Gasteiger partial charge < -0.3 is 0 Å². The first kappa shape index (κ1) is 79.6. The molecular formula is C60H17AlF41N. The van der Waals surface area contributed by atoms with E-state index in [4.69, 9.17) is 0 Å². The molecule has 0 bridgehead atoms. The summed E-state index contributed by atoms with van der Waals surface area (Å²) in [5.41, 5.74) is -2.95. The molecule has 0 aliphatic carbocycles. The third-order valence-corrected chi connectivity index (χ3v) is 21.2. The van der Waals surface area contributed by atoms with Crippen molar-refractivity contribution in [3.05, 3.63) is 222 Å². The Morgan fingerprint density at radius 1 is 0.243 bits per heavy atom. The number of hydrogen-bond acceptors (Lipinski definition) is 0. The predicted molar refractivity (Wildman–Crippen MR) is 272 cm³/mol. The van der Waals surface area contributed by atoms with Crippen LogP contribution in [0.4, 0.5) is 180 Å². The van der Waals surface area contributed by atoms with Crippen molar-refractivity contribution < 1.29 is 185 Å². The normalized spacial score (nSPS) is 12.2. The number of hydrogen-bond donors (Lipinski definition) is 1. The van der Waals surface area contributed by atoms with E-state index in [1.54, 1.807) is 0 Å². The van der Waals surface area contributed by atoms with Gasteiger partial charge in [0.1, 0.15) is 23.3 Å². The lowest BCUT2D eigenvalue weighted by Crippen LogP contribution is -2.97. The SMILES string of the molecule is CCCCCC[NH2+]C(F)(F)C(F)(F)F.Fc1c(F)c(F)c2[c]([Al-]([c]3c(F)c(F)c(F)c4c(F)c(F)c(F)c(F)c34)([c]3c(F)c(F)c(F)c4c(F)c(F)c(F)c(F)c34)[c]3c(F)c(F)c(F)c4c(F)c(F)c(F)c(F)c34)c(F)c(F)c(F)c2c1F.Fc1ccc(-c2c(F)c(F)c(F)c(F)c2F)c(F)c1F. The van der Waals surface area contributed by atoms with E-state index in [0.29, 0.717) is 25.0 Å². The van der Waals surface area contributed by atoms with Gasteiger partial charge in [0.15, 0.2) is 180 Å². The largest absolute Gasteiger partial charge is 0.514 e. The Kier molecular flexibility index (Phi) is 21.7. The van der Waals surface area contributed by atoms with E-state index in [0.717, 1.165) is 12.8 Å². The highest BCUT2D eigenvalue weighted by molar-refractivity contribution is 7.23. The zero-order valence-corrected chi connectivity index (χ0v) is 49.5. The van der Waals surface area contributed by atoms with E-state index < -0.39 is 307 Å². The van der Waals surface area contributed by atoms with Crippen LogP contribution in [-0.2, 0) is 0 Å². The van der Waals surface area contributed by atoms with Crippen molar-refractivity contribution in [2.45, 2.75) is 44.8 Å². The Bertz CT molecular complexity index is 4730. The molecule has 0 saturated carbocycles. The second-order valence-electron chi connectivity index (χ2n) is 21.2. The minimum absolute atomic E-state index is 0.0582. The maximum atomic E-state index is 17.3. The number of rotatable bonds is 11. The fourth-order valence-electron chi connectivity index (χ4n) is 11.1. The molecule has 0 atom stereocenters. The van der Waals surface area contributed by atoms with Gasteiger partial charge in [0.25, 0.3) is 13.1 Å². The molecule has 0 aliphatic rings. The van der Waals surface area contributed by atoms with E-state index >= 15 is 105 Å². The van der Waals surface area contributed by atoms with Crippen LogP contribution in [-0.4, -0.2) is 31.8 Å². The molecule has 0 radical (unpaired) electrons. The molecule has 0 aromatic heterocycles. The molecule has 10 aromatic rings. The summed E-state index contributed by atoms with van der Waals surface area (Å²) in [6.07, 6.45) is -2.57. The molecule has 0 unspecified atom stereocenters. The third-order valence-electron chi connectivity index (χ3n) is 15.6. The molecule has 0 aliphatic heterocycles. The summed E-state index contributed by atoms with van der Waals surface area (Å²) < 4.78 is 596.